The predicted molar refractivity (Wildman–Crippen MR) is 150 cm³/mol. The van der Waals surface area contributed by atoms with Crippen LogP contribution in [-0.4, -0.2) is 36.5 Å². The van der Waals surface area contributed by atoms with Crippen LogP contribution in [0, 0.1) is 11.2 Å². The summed E-state index contributed by atoms with van der Waals surface area (Å²) in [5.41, 5.74) is 1.18. The van der Waals surface area contributed by atoms with Crippen LogP contribution in [-0.2, 0) is 0 Å². The van der Waals surface area contributed by atoms with E-state index in [1.165, 1.54) is 18.2 Å². The Morgan fingerprint density at radius 1 is 0.825 bits per heavy atom. The van der Waals surface area contributed by atoms with E-state index in [9.17, 15) is 14.4 Å². The number of para-hydroxylation sites is 1. The highest BCUT2D eigenvalue weighted by Crippen LogP contribution is 2.61. The number of anilines is 1. The maximum absolute atomic E-state index is 15.2. The Morgan fingerprint density at radius 2 is 1.45 bits per heavy atom. The van der Waals surface area contributed by atoms with Crippen LogP contribution in [0.5, 0.6) is 5.75 Å². The Kier molecular flexibility index (Phi) is 5.36. The van der Waals surface area contributed by atoms with E-state index in [4.69, 9.17) is 4.74 Å². The van der Waals surface area contributed by atoms with E-state index >= 15 is 4.39 Å². The van der Waals surface area contributed by atoms with Crippen molar-refractivity contribution in [3.63, 3.8) is 0 Å². The normalized spacial score (nSPS) is 21.8. The molecule has 1 saturated heterocycles. The highest BCUT2D eigenvalue weighted by atomic mass is 19.1. The minimum atomic E-state index is -1.63. The molecular formula is C34H24FNO4. The van der Waals surface area contributed by atoms with Crippen LogP contribution in [0.2, 0.25) is 0 Å². The van der Waals surface area contributed by atoms with E-state index in [0.717, 1.165) is 11.3 Å². The zero-order chi connectivity index (χ0) is 27.6. The molecule has 3 atom stereocenters. The van der Waals surface area contributed by atoms with Gasteiger partial charge in [0.05, 0.1) is 18.7 Å². The van der Waals surface area contributed by atoms with Crippen molar-refractivity contribution in [2.75, 3.05) is 12.0 Å². The van der Waals surface area contributed by atoms with Gasteiger partial charge >= 0.3 is 0 Å². The topological polar surface area (TPSA) is 63.7 Å². The van der Waals surface area contributed by atoms with Crippen LogP contribution < -0.4 is 9.64 Å². The fraction of sp³-hybridized carbons (Fsp3) is 0.147. The summed E-state index contributed by atoms with van der Waals surface area (Å²) >= 11 is 0. The molecule has 0 N–H and O–H groups in total. The number of ketones is 3. The smallest absolute Gasteiger partial charge is 0.188 e. The number of carbonyl (C=O) groups excluding carboxylic acids is 3. The van der Waals surface area contributed by atoms with Gasteiger partial charge < -0.3 is 9.64 Å². The molecule has 2 aliphatic heterocycles. The number of nitrogens with zero attached hydrogens (tertiary/aromatic N) is 1. The van der Waals surface area contributed by atoms with Crippen LogP contribution >= 0.6 is 0 Å². The van der Waals surface area contributed by atoms with Crippen molar-refractivity contribution in [1.82, 2.24) is 0 Å². The Labute approximate surface area is 230 Å². The van der Waals surface area contributed by atoms with E-state index in [2.05, 4.69) is 0 Å². The highest BCUT2D eigenvalue weighted by Gasteiger charge is 2.71. The van der Waals surface area contributed by atoms with E-state index in [1.807, 2.05) is 41.3 Å². The Morgan fingerprint density at radius 3 is 2.12 bits per heavy atom. The van der Waals surface area contributed by atoms with Gasteiger partial charge in [-0.1, -0.05) is 78.9 Å². The highest BCUT2D eigenvalue weighted by molar-refractivity contribution is 6.32. The van der Waals surface area contributed by atoms with E-state index in [0.29, 0.717) is 22.4 Å². The van der Waals surface area contributed by atoms with Gasteiger partial charge in [0.1, 0.15) is 23.0 Å². The first kappa shape index (κ1) is 24.2. The monoisotopic (exact) mass is 529 g/mol. The van der Waals surface area contributed by atoms with Gasteiger partial charge in [-0.05, 0) is 41.5 Å². The molecule has 0 unspecified atom stereocenters. The molecule has 1 fully saturated rings. The van der Waals surface area contributed by atoms with Crippen molar-refractivity contribution in [3.8, 4) is 5.75 Å². The number of hydrogen-bond donors (Lipinski definition) is 0. The summed E-state index contributed by atoms with van der Waals surface area (Å²) in [6.45, 7) is 0. The predicted octanol–water partition coefficient (Wildman–Crippen LogP) is 6.15. The molecule has 5 nitrogen and oxygen atoms in total. The van der Waals surface area contributed by atoms with Crippen molar-refractivity contribution in [1.29, 1.82) is 0 Å². The standard InChI is InChI=1S/C34H24FNO4/c1-40-22-17-14-21(15-18-22)29-30(31(37)25-11-5-6-12-26(25)35)36-27-13-7-2-8-20(27)16-19-28(36)34(29)32(38)23-9-3-4-10-24(23)33(34)39/h2-19,28-30H,1H3/t28-,29+,30-/m1/s1. The number of hydrogen-bond acceptors (Lipinski definition) is 5. The summed E-state index contributed by atoms with van der Waals surface area (Å²) < 4.78 is 20.5. The molecule has 0 bridgehead atoms. The number of Topliss-reactive ketones (excluding diaryl/α,β-unsaturated/α-hetero) is 3. The Bertz CT molecular complexity index is 1710. The van der Waals surface area contributed by atoms with E-state index in [-0.39, 0.29) is 17.1 Å². The molecule has 1 aliphatic carbocycles. The Balaban J connectivity index is 1.55. The van der Waals surface area contributed by atoms with Crippen molar-refractivity contribution >= 4 is 29.1 Å². The molecule has 0 radical (unpaired) electrons. The average Bonchev–Trinajstić information content (AvgIpc) is 3.43. The number of benzene rings is 4. The molecule has 3 aliphatic rings. The number of fused-ring (bicyclic) bond motifs is 5. The number of methoxy groups -OCH3 is 1. The first-order chi connectivity index (χ1) is 19.5. The van der Waals surface area contributed by atoms with Crippen LogP contribution in [0.1, 0.15) is 48.1 Å². The lowest BCUT2D eigenvalue weighted by Gasteiger charge is -2.37. The second kappa shape index (κ2) is 8.85. The van der Waals surface area contributed by atoms with Gasteiger partial charge in [-0.3, -0.25) is 14.4 Å². The maximum Gasteiger partial charge on any atom is 0.188 e. The fourth-order valence-corrected chi connectivity index (χ4v) is 6.92. The molecule has 4 aromatic carbocycles. The quantitative estimate of drug-likeness (QED) is 0.234. The van der Waals surface area contributed by atoms with E-state index in [1.54, 1.807) is 61.7 Å². The molecule has 0 amide bonds. The molecule has 1 spiro atoms. The lowest BCUT2D eigenvalue weighted by atomic mass is 9.64. The molecule has 7 rings (SSSR count). The largest absolute Gasteiger partial charge is 0.497 e. The van der Waals surface area contributed by atoms with Gasteiger partial charge in [0.25, 0.3) is 0 Å². The lowest BCUT2D eigenvalue weighted by Crippen LogP contribution is -2.48. The molecule has 196 valence electrons. The Hall–Kier alpha value is -4.84. The summed E-state index contributed by atoms with van der Waals surface area (Å²) in [4.78, 5) is 45.6. The lowest BCUT2D eigenvalue weighted by molar-refractivity contribution is 0.0666. The van der Waals surface area contributed by atoms with Crippen molar-refractivity contribution in [2.24, 2.45) is 5.41 Å². The molecule has 0 saturated carbocycles. The molecular weight excluding hydrogens is 505 g/mol. The van der Waals surface area contributed by atoms with Crippen LogP contribution in [0.3, 0.4) is 0 Å². The summed E-state index contributed by atoms with van der Waals surface area (Å²) in [6, 6.07) is 25.6. The van der Waals surface area contributed by atoms with Crippen molar-refractivity contribution < 1.29 is 23.5 Å². The number of carbonyl (C=O) groups is 3. The summed E-state index contributed by atoms with van der Waals surface area (Å²) in [5, 5.41) is 0. The van der Waals surface area contributed by atoms with Gasteiger partial charge in [-0.15, -0.1) is 0 Å². The number of ether oxygens (including phenoxy) is 1. The molecule has 4 aromatic rings. The molecule has 40 heavy (non-hydrogen) atoms. The molecule has 0 aromatic heterocycles. The van der Waals surface area contributed by atoms with Crippen LogP contribution in [0.4, 0.5) is 10.1 Å². The fourth-order valence-electron chi connectivity index (χ4n) is 6.92. The molecule has 6 heteroatoms. The van der Waals surface area contributed by atoms with E-state index < -0.39 is 35.0 Å². The third kappa shape index (κ3) is 3.10. The summed E-state index contributed by atoms with van der Waals surface area (Å²) in [7, 11) is 1.55. The van der Waals surface area contributed by atoms with Gasteiger partial charge in [-0.2, -0.15) is 0 Å². The summed E-state index contributed by atoms with van der Waals surface area (Å²) in [5.74, 6) is -2.08. The average molecular weight is 530 g/mol. The van der Waals surface area contributed by atoms with Crippen LogP contribution in [0.25, 0.3) is 6.08 Å². The van der Waals surface area contributed by atoms with Gasteiger partial charge in [0, 0.05) is 22.7 Å². The minimum Gasteiger partial charge on any atom is -0.497 e. The number of rotatable bonds is 4. The first-order valence-electron chi connectivity index (χ1n) is 13.2. The molecule has 2 heterocycles. The van der Waals surface area contributed by atoms with Crippen molar-refractivity contribution in [3.05, 3.63) is 137 Å². The first-order valence-corrected chi connectivity index (χ1v) is 13.2. The van der Waals surface area contributed by atoms with Crippen molar-refractivity contribution in [2.45, 2.75) is 18.0 Å². The van der Waals surface area contributed by atoms with Gasteiger partial charge in [0.15, 0.2) is 17.3 Å². The maximum atomic E-state index is 15.2. The van der Waals surface area contributed by atoms with Gasteiger partial charge in [-0.25, -0.2) is 4.39 Å². The SMILES string of the molecule is COc1ccc([C@H]2[C@H](C(=O)c3ccccc3F)N3c4ccccc4C=C[C@@H]3C23C(=O)c2ccccc2C3=O)cc1. The van der Waals surface area contributed by atoms with Gasteiger partial charge in [0.2, 0.25) is 0 Å². The number of halogens is 1. The second-order valence-corrected chi connectivity index (χ2v) is 10.4. The summed E-state index contributed by atoms with van der Waals surface area (Å²) in [6.07, 6.45) is 3.76. The zero-order valence-corrected chi connectivity index (χ0v) is 21.6. The third-order valence-electron chi connectivity index (χ3n) is 8.60. The zero-order valence-electron chi connectivity index (χ0n) is 21.6. The third-order valence-corrected chi connectivity index (χ3v) is 8.60. The minimum absolute atomic E-state index is 0.0794. The van der Waals surface area contributed by atoms with Crippen LogP contribution in [0.15, 0.2) is 103 Å². The second-order valence-electron chi connectivity index (χ2n) is 10.4.